The Hall–Kier alpha value is -7.79. The largest absolute Gasteiger partial charge is 0.530 e. The van der Waals surface area contributed by atoms with Gasteiger partial charge in [0.25, 0.3) is 0 Å². The second kappa shape index (κ2) is 29.6. The van der Waals surface area contributed by atoms with E-state index in [4.69, 9.17) is 39.4 Å². The molecule has 0 aliphatic carbocycles. The van der Waals surface area contributed by atoms with Crippen LogP contribution in [0.4, 0.5) is 0 Å². The lowest BCUT2D eigenvalue weighted by Gasteiger charge is -2.31. The van der Waals surface area contributed by atoms with Gasteiger partial charge in [0.05, 0.1) is 0 Å². The lowest BCUT2D eigenvalue weighted by Crippen LogP contribution is -2.20. The van der Waals surface area contributed by atoms with Crippen LogP contribution >= 0.6 is 25.1 Å². The topological polar surface area (TPSA) is 98.7 Å². The summed E-state index contributed by atoms with van der Waals surface area (Å²) in [5.74, 6) is 3.73. The molecule has 0 atom stereocenters. The first-order valence-corrected chi connectivity index (χ1v) is 40.8. The fourth-order valence-corrected chi connectivity index (χ4v) is 16.0. The quantitative estimate of drug-likeness (QED) is 0.117. The van der Waals surface area contributed by atoms with E-state index >= 15 is 0 Å². The van der Waals surface area contributed by atoms with Gasteiger partial charge in [-0.15, -0.1) is 0 Å². The van der Waals surface area contributed by atoms with Crippen molar-refractivity contribution < 1.29 is 39.4 Å². The highest BCUT2D eigenvalue weighted by atomic mass is 31.2. The molecule has 0 saturated carbocycles. The van der Waals surface area contributed by atoms with Gasteiger partial charge >= 0.3 is 25.1 Å². The molecule has 2 aromatic heterocycles. The van der Waals surface area contributed by atoms with Crippen LogP contribution in [0.2, 0.25) is 0 Å². The molecule has 0 fully saturated rings. The maximum Gasteiger partial charge on any atom is 0.530 e. The second-order valence-electron chi connectivity index (χ2n) is 38.9. The van der Waals surface area contributed by atoms with Crippen LogP contribution in [0.5, 0.6) is 28.7 Å². The summed E-state index contributed by atoms with van der Waals surface area (Å²) < 4.78 is 62.2. The standard InChI is InChI=1S/C52H56O6P2.C42H63O3P/c1-49(2,3)33-29-39(47(41(31-33)51(7,8)9)57-59-53-43-25-17-13-21-35(43)36-22-14-18-26-44(36)54-59)40-30-34(50(4,5)6)32-42(52(10,11)12)48(40)58-60-55-45-27-19-15-23-37(45)38-24-16-20-28-46(38)56-60;1-37(2,3)28-19-22-34(31(25-28)40(10,11)12)43-46(44-35-23-20-29(38(4,5)6)26-32(35)41(13,14)15)45-36-24-21-30(39(7,8)9)27-33(36)42(16,17)18/h13-32H,1-12H3;19-27H,1-18H3. The Balaban J connectivity index is 0.000000236. The molecule has 0 saturated heterocycles. The predicted molar refractivity (Wildman–Crippen MR) is 452 cm³/mol. The average Bonchev–Trinajstić information content (AvgIpc) is 0.826. The van der Waals surface area contributed by atoms with Crippen molar-refractivity contribution in [2.24, 2.45) is 0 Å². The van der Waals surface area contributed by atoms with Gasteiger partial charge in [-0.1, -0.05) is 329 Å². The van der Waals surface area contributed by atoms with E-state index in [1.807, 2.05) is 72.8 Å². The molecule has 11 aromatic rings. The van der Waals surface area contributed by atoms with Crippen LogP contribution in [-0.4, -0.2) is 0 Å². The molecule has 2 heterocycles. The van der Waals surface area contributed by atoms with E-state index in [0.29, 0.717) is 33.8 Å². The molecule has 11 rings (SSSR count). The average molecular weight is 1490 g/mol. The Morgan fingerprint density at radius 1 is 0.236 bits per heavy atom. The van der Waals surface area contributed by atoms with Gasteiger partial charge in [0, 0.05) is 60.5 Å². The number of para-hydroxylation sites is 4. The molecule has 106 heavy (non-hydrogen) atoms. The van der Waals surface area contributed by atoms with Crippen LogP contribution < -0.4 is 22.6 Å². The van der Waals surface area contributed by atoms with Crippen molar-refractivity contribution in [3.63, 3.8) is 0 Å². The number of benzene rings is 9. The SMILES string of the molecule is CC(C)(C)c1cc(-c2cc(C(C)(C)C)cc(C(C)(C)C)c2Op2oc3ccccc3c3ccccc3o2)c(Op2oc3ccccc3c3ccccc3o2)c(C(C)(C)C)c1.CC(C)(C)c1ccc(OP(Oc2ccc(C(C)(C)C)cc2C(C)(C)C)Oc2ccc(C(C)(C)C)cc2C(C)(C)C)c(C(C)(C)C)c1. The van der Waals surface area contributed by atoms with E-state index in [-0.39, 0.29) is 54.1 Å². The number of rotatable bonds is 11. The van der Waals surface area contributed by atoms with E-state index in [2.05, 4.69) is 311 Å². The van der Waals surface area contributed by atoms with E-state index in [1.165, 1.54) is 27.8 Å². The van der Waals surface area contributed by atoms with Gasteiger partial charge in [-0.3, -0.25) is 0 Å². The summed E-state index contributed by atoms with van der Waals surface area (Å²) in [5.41, 5.74) is 14.7. The van der Waals surface area contributed by atoms with Gasteiger partial charge in [0.2, 0.25) is 0 Å². The van der Waals surface area contributed by atoms with E-state index in [9.17, 15) is 0 Å². The molecule has 12 heteroatoms. The minimum Gasteiger partial charge on any atom is -0.408 e. The minimum atomic E-state index is -1.99. The third-order valence-electron chi connectivity index (χ3n) is 19.4. The lowest BCUT2D eigenvalue weighted by molar-refractivity contribution is 0.371. The molecule has 0 aliphatic rings. The summed E-state index contributed by atoms with van der Waals surface area (Å²) in [6, 6.07) is 61.0. The molecule has 0 amide bonds. The molecule has 0 unspecified atom stereocenters. The molecule has 564 valence electrons. The normalized spacial score (nSPS) is 13.1. The summed E-state index contributed by atoms with van der Waals surface area (Å²) in [6.45, 7) is 67.2. The number of hydrogen-bond donors (Lipinski definition) is 0. The van der Waals surface area contributed by atoms with Crippen molar-refractivity contribution in [3.8, 4) is 39.9 Å². The van der Waals surface area contributed by atoms with Crippen molar-refractivity contribution in [2.75, 3.05) is 0 Å². The van der Waals surface area contributed by atoms with Crippen molar-refractivity contribution >= 4 is 69.0 Å². The molecule has 9 nitrogen and oxygen atoms in total. The van der Waals surface area contributed by atoms with Crippen LogP contribution in [0.15, 0.2) is 193 Å². The summed E-state index contributed by atoms with van der Waals surface area (Å²) in [5, 5.41) is 3.83. The monoisotopic (exact) mass is 1480 g/mol. The fraction of sp³-hybridized carbons (Fsp3) is 0.426. The van der Waals surface area contributed by atoms with E-state index in [1.54, 1.807) is 0 Å². The molecule has 0 radical (unpaired) electrons. The Morgan fingerprint density at radius 3 is 0.670 bits per heavy atom. The lowest BCUT2D eigenvalue weighted by atomic mass is 9.75. The second-order valence-corrected chi connectivity index (χ2v) is 41.9. The van der Waals surface area contributed by atoms with Crippen molar-refractivity contribution in [2.45, 2.75) is 262 Å². The summed E-state index contributed by atoms with van der Waals surface area (Å²) in [7, 11) is -5.87. The van der Waals surface area contributed by atoms with Gasteiger partial charge in [-0.05, 0) is 137 Å². The molecular formula is C94H119O9P3. The molecule has 0 N–H and O–H groups in total. The Morgan fingerprint density at radius 2 is 0.453 bits per heavy atom. The van der Waals surface area contributed by atoms with Gasteiger partial charge in [-0.25, -0.2) is 0 Å². The van der Waals surface area contributed by atoms with Gasteiger partial charge in [0.15, 0.2) is 0 Å². The van der Waals surface area contributed by atoms with Crippen molar-refractivity contribution in [1.82, 2.24) is 0 Å². The first-order valence-electron chi connectivity index (χ1n) is 37.6. The Bertz CT molecular complexity index is 4590. The molecule has 9 aromatic carbocycles. The van der Waals surface area contributed by atoms with E-state index < -0.39 is 25.1 Å². The summed E-state index contributed by atoms with van der Waals surface area (Å²) in [6.07, 6.45) is 0. The van der Waals surface area contributed by atoms with Gasteiger partial charge < -0.3 is 39.4 Å². The third kappa shape index (κ3) is 18.8. The number of fused-ring (bicyclic) bond motifs is 6. The Labute approximate surface area is 637 Å². The molecular weight excluding hydrogens is 1370 g/mol. The molecule has 0 bridgehead atoms. The third-order valence-corrected chi connectivity index (χ3v) is 22.5. The van der Waals surface area contributed by atoms with E-state index in [0.717, 1.165) is 77.7 Å². The zero-order chi connectivity index (χ0) is 78.0. The summed E-state index contributed by atoms with van der Waals surface area (Å²) in [4.78, 5) is 0. The maximum absolute atomic E-state index is 7.28. The fourth-order valence-electron chi connectivity index (χ4n) is 12.8. The van der Waals surface area contributed by atoms with Crippen LogP contribution in [-0.2, 0) is 54.1 Å². The zero-order valence-corrected chi connectivity index (χ0v) is 71.9. The van der Waals surface area contributed by atoms with Crippen LogP contribution in [0.1, 0.15) is 263 Å². The van der Waals surface area contributed by atoms with Crippen molar-refractivity contribution in [1.29, 1.82) is 0 Å². The van der Waals surface area contributed by atoms with Crippen LogP contribution in [0.3, 0.4) is 0 Å². The number of hydrogen-bond acceptors (Lipinski definition) is 9. The Kier molecular flexibility index (Phi) is 22.6. The van der Waals surface area contributed by atoms with Gasteiger partial charge in [-0.2, -0.15) is 0 Å². The minimum absolute atomic E-state index is 0.0170. The van der Waals surface area contributed by atoms with Gasteiger partial charge in [0.1, 0.15) is 51.1 Å². The highest BCUT2D eigenvalue weighted by molar-refractivity contribution is 7.43. The highest BCUT2D eigenvalue weighted by Crippen LogP contribution is 2.56. The van der Waals surface area contributed by atoms with Crippen LogP contribution in [0, 0.1) is 0 Å². The van der Waals surface area contributed by atoms with Crippen LogP contribution in [0.25, 0.3) is 55.0 Å². The first kappa shape index (κ1) is 80.7. The highest BCUT2D eigenvalue weighted by Gasteiger charge is 2.37. The predicted octanol–water partition coefficient (Wildman–Crippen LogP) is 30.7. The smallest absolute Gasteiger partial charge is 0.408 e. The van der Waals surface area contributed by atoms with Crippen molar-refractivity contribution in [3.05, 3.63) is 232 Å². The summed E-state index contributed by atoms with van der Waals surface area (Å²) >= 11 is 0. The zero-order valence-electron chi connectivity index (χ0n) is 69.3. The molecule has 0 spiro atoms. The maximum atomic E-state index is 7.28. The first-order chi connectivity index (χ1) is 48.8. The molecule has 0 aliphatic heterocycles.